The summed E-state index contributed by atoms with van der Waals surface area (Å²) in [6, 6.07) is 18.0. The van der Waals surface area contributed by atoms with Crippen LogP contribution in [-0.2, 0) is 6.54 Å². The summed E-state index contributed by atoms with van der Waals surface area (Å²) in [6.07, 6.45) is 0. The Hall–Kier alpha value is -4.42. The van der Waals surface area contributed by atoms with Gasteiger partial charge in [0.1, 0.15) is 23.1 Å². The van der Waals surface area contributed by atoms with Crippen molar-refractivity contribution < 1.29 is 19.0 Å². The fraction of sp³-hybridized carbons (Fsp3) is 0.154. The number of methoxy groups -OCH3 is 2. The second-order valence-corrected chi connectivity index (χ2v) is 8.30. The van der Waals surface area contributed by atoms with E-state index in [1.165, 1.54) is 11.3 Å². The fourth-order valence-corrected chi connectivity index (χ4v) is 3.98. The van der Waals surface area contributed by atoms with Gasteiger partial charge in [0.2, 0.25) is 5.88 Å². The molecule has 176 valence electrons. The molecule has 0 saturated carbocycles. The van der Waals surface area contributed by atoms with E-state index in [1.807, 2.05) is 29.6 Å². The van der Waals surface area contributed by atoms with Gasteiger partial charge in [-0.25, -0.2) is 14.8 Å². The van der Waals surface area contributed by atoms with E-state index in [1.54, 1.807) is 51.5 Å². The topological polar surface area (TPSA) is 106 Å². The smallest absolute Gasteiger partial charge is 0.344 e. The van der Waals surface area contributed by atoms with Gasteiger partial charge in [-0.2, -0.15) is 5.26 Å². The van der Waals surface area contributed by atoms with Crippen molar-refractivity contribution in [1.82, 2.24) is 9.97 Å². The molecule has 1 N–H and O–H groups in total. The summed E-state index contributed by atoms with van der Waals surface area (Å²) in [6.45, 7) is 2.39. The van der Waals surface area contributed by atoms with E-state index in [0.717, 1.165) is 16.4 Å². The molecule has 0 bridgehead atoms. The number of carbonyl (C=O) groups excluding carboxylic acids is 1. The van der Waals surface area contributed by atoms with E-state index in [-0.39, 0.29) is 11.4 Å². The quantitative estimate of drug-likeness (QED) is 0.337. The molecule has 0 unspecified atom stereocenters. The van der Waals surface area contributed by atoms with Crippen LogP contribution in [0.2, 0.25) is 0 Å². The maximum atomic E-state index is 12.5. The number of esters is 1. The number of benzene rings is 2. The first-order chi connectivity index (χ1) is 17.0. The summed E-state index contributed by atoms with van der Waals surface area (Å²) in [7, 11) is 3.18. The van der Waals surface area contributed by atoms with E-state index < -0.39 is 5.97 Å². The highest BCUT2D eigenvalue weighted by Gasteiger charge is 2.18. The molecule has 0 amide bonds. The van der Waals surface area contributed by atoms with Crippen molar-refractivity contribution in [3.63, 3.8) is 0 Å². The summed E-state index contributed by atoms with van der Waals surface area (Å²) in [4.78, 5) is 21.6. The van der Waals surface area contributed by atoms with Crippen LogP contribution in [0.1, 0.15) is 27.2 Å². The molecule has 0 radical (unpaired) electrons. The predicted octanol–water partition coefficient (Wildman–Crippen LogP) is 5.23. The Kier molecular flexibility index (Phi) is 7.24. The summed E-state index contributed by atoms with van der Waals surface area (Å²) < 4.78 is 15.7. The Morgan fingerprint density at radius 3 is 2.31 bits per heavy atom. The molecule has 4 aromatic rings. The minimum atomic E-state index is -0.609. The zero-order valence-electron chi connectivity index (χ0n) is 19.4. The molecule has 2 aromatic heterocycles. The summed E-state index contributed by atoms with van der Waals surface area (Å²) in [5.74, 6) is 0.781. The number of hydrogen-bond acceptors (Lipinski definition) is 9. The molecule has 8 nitrogen and oxygen atoms in total. The Labute approximate surface area is 206 Å². The van der Waals surface area contributed by atoms with Crippen molar-refractivity contribution in [2.45, 2.75) is 13.5 Å². The third kappa shape index (κ3) is 5.57. The second kappa shape index (κ2) is 10.7. The van der Waals surface area contributed by atoms with Gasteiger partial charge in [0, 0.05) is 17.5 Å². The van der Waals surface area contributed by atoms with Crippen LogP contribution >= 0.6 is 11.3 Å². The minimum Gasteiger partial charge on any atom is -0.497 e. The maximum Gasteiger partial charge on any atom is 0.344 e. The lowest BCUT2D eigenvalue weighted by Crippen LogP contribution is -2.11. The Morgan fingerprint density at radius 2 is 1.69 bits per heavy atom. The molecule has 0 atom stereocenters. The number of carbonyl (C=O) groups is 1. The molecule has 0 saturated heterocycles. The van der Waals surface area contributed by atoms with E-state index in [4.69, 9.17) is 14.2 Å². The third-order valence-electron chi connectivity index (χ3n) is 5.20. The largest absolute Gasteiger partial charge is 0.497 e. The van der Waals surface area contributed by atoms with Crippen LogP contribution in [-0.4, -0.2) is 30.2 Å². The lowest BCUT2D eigenvalue weighted by Gasteiger charge is -2.09. The average molecular weight is 487 g/mol. The predicted molar refractivity (Wildman–Crippen MR) is 133 cm³/mol. The van der Waals surface area contributed by atoms with Crippen molar-refractivity contribution in [1.29, 1.82) is 5.26 Å². The van der Waals surface area contributed by atoms with Crippen LogP contribution in [0.15, 0.2) is 60.0 Å². The summed E-state index contributed by atoms with van der Waals surface area (Å²) >= 11 is 1.46. The lowest BCUT2D eigenvalue weighted by atomic mass is 10.1. The molecule has 0 spiro atoms. The van der Waals surface area contributed by atoms with E-state index in [0.29, 0.717) is 34.8 Å². The molecule has 0 aliphatic carbocycles. The van der Waals surface area contributed by atoms with Gasteiger partial charge in [-0.05, 0) is 55.0 Å². The number of aromatic nitrogens is 2. The molecule has 35 heavy (non-hydrogen) atoms. The number of nitrogens with zero attached hydrogens (tertiary/aromatic N) is 3. The van der Waals surface area contributed by atoms with Gasteiger partial charge in [-0.1, -0.05) is 12.1 Å². The summed E-state index contributed by atoms with van der Waals surface area (Å²) in [5, 5.41) is 15.6. The molecule has 0 aliphatic rings. The van der Waals surface area contributed by atoms with Crippen molar-refractivity contribution >= 4 is 22.4 Å². The van der Waals surface area contributed by atoms with Gasteiger partial charge < -0.3 is 19.5 Å². The monoisotopic (exact) mass is 486 g/mol. The van der Waals surface area contributed by atoms with Crippen LogP contribution in [0.3, 0.4) is 0 Å². The van der Waals surface area contributed by atoms with Crippen LogP contribution in [0.4, 0.5) is 5.13 Å². The second-order valence-electron chi connectivity index (χ2n) is 7.44. The van der Waals surface area contributed by atoms with E-state index >= 15 is 0 Å². The van der Waals surface area contributed by atoms with Crippen molar-refractivity contribution in [2.75, 3.05) is 19.5 Å². The Balaban J connectivity index is 1.49. The SMILES string of the molecule is COc1ccc(CNc2nc(-c3cc(C#N)c(OC(=O)c4ccc(OC)cc4)nc3C)cs2)cc1. The molecular weight excluding hydrogens is 464 g/mol. The van der Waals surface area contributed by atoms with Gasteiger partial charge in [0.25, 0.3) is 0 Å². The van der Waals surface area contributed by atoms with Crippen molar-refractivity contribution in [3.05, 3.63) is 82.4 Å². The van der Waals surface area contributed by atoms with E-state index in [2.05, 4.69) is 21.4 Å². The fourth-order valence-electron chi connectivity index (χ4n) is 3.27. The number of pyridine rings is 1. The molecule has 0 aliphatic heterocycles. The zero-order valence-corrected chi connectivity index (χ0v) is 20.2. The molecule has 2 aromatic carbocycles. The third-order valence-corrected chi connectivity index (χ3v) is 6.00. The number of rotatable bonds is 8. The first-order valence-corrected chi connectivity index (χ1v) is 11.5. The van der Waals surface area contributed by atoms with Gasteiger partial charge >= 0.3 is 5.97 Å². The number of thiazole rings is 1. The highest BCUT2D eigenvalue weighted by atomic mass is 32.1. The van der Waals surface area contributed by atoms with Crippen molar-refractivity contribution in [2.24, 2.45) is 0 Å². The van der Waals surface area contributed by atoms with E-state index in [9.17, 15) is 10.1 Å². The highest BCUT2D eigenvalue weighted by Crippen LogP contribution is 2.31. The summed E-state index contributed by atoms with van der Waals surface area (Å²) in [5.41, 5.74) is 3.53. The highest BCUT2D eigenvalue weighted by molar-refractivity contribution is 7.14. The van der Waals surface area contributed by atoms with Gasteiger partial charge in [0.15, 0.2) is 5.13 Å². The Morgan fingerprint density at radius 1 is 1.03 bits per heavy atom. The first kappa shape index (κ1) is 23.7. The number of ether oxygens (including phenoxy) is 3. The lowest BCUT2D eigenvalue weighted by molar-refractivity contribution is 0.0727. The number of nitrogens with one attached hydrogen (secondary N) is 1. The van der Waals surface area contributed by atoms with Crippen LogP contribution < -0.4 is 19.5 Å². The van der Waals surface area contributed by atoms with Gasteiger partial charge in [-0.3, -0.25) is 0 Å². The first-order valence-electron chi connectivity index (χ1n) is 10.6. The average Bonchev–Trinajstić information content (AvgIpc) is 3.36. The standard InChI is InChI=1S/C26H22N4O4S/c1-16-22(23-15-35-26(30-23)28-14-17-4-8-20(32-2)9-5-17)12-19(13-27)24(29-16)34-25(31)18-6-10-21(33-3)11-7-18/h4-12,15H,14H2,1-3H3,(H,28,30). The van der Waals surface area contributed by atoms with Gasteiger partial charge in [0.05, 0.1) is 31.2 Å². The van der Waals surface area contributed by atoms with Crippen molar-refractivity contribution in [3.8, 4) is 34.7 Å². The molecule has 2 heterocycles. The molecule has 4 rings (SSSR count). The number of nitriles is 1. The molecular formula is C26H22N4O4S. The molecule has 9 heteroatoms. The Bertz CT molecular complexity index is 1380. The van der Waals surface area contributed by atoms with Crippen LogP contribution in [0.5, 0.6) is 17.4 Å². The minimum absolute atomic E-state index is 0.0392. The van der Waals surface area contributed by atoms with Crippen LogP contribution in [0.25, 0.3) is 11.3 Å². The number of anilines is 1. The zero-order chi connectivity index (χ0) is 24.8. The normalized spacial score (nSPS) is 10.3. The number of aryl methyl sites for hydroxylation is 1. The number of hydrogen-bond donors (Lipinski definition) is 1. The molecule has 0 fully saturated rings. The van der Waals surface area contributed by atoms with Gasteiger partial charge in [-0.15, -0.1) is 11.3 Å². The maximum absolute atomic E-state index is 12.5. The van der Waals surface area contributed by atoms with Crippen LogP contribution in [0, 0.1) is 18.3 Å².